The Morgan fingerprint density at radius 2 is 2.31 bits per heavy atom. The summed E-state index contributed by atoms with van der Waals surface area (Å²) in [5.74, 6) is 0.380. The van der Waals surface area contributed by atoms with E-state index in [9.17, 15) is 9.90 Å². The summed E-state index contributed by atoms with van der Waals surface area (Å²) in [6.45, 7) is 0. The number of thioether (sulfide) groups is 1. The summed E-state index contributed by atoms with van der Waals surface area (Å²) >= 11 is 1.61. The Morgan fingerprint density at radius 1 is 1.56 bits per heavy atom. The van der Waals surface area contributed by atoms with Crippen molar-refractivity contribution in [2.45, 2.75) is 11.4 Å². The standard InChI is InChI=1S/C11H13NO3S/c1-15-9-5-3-2-4-7(9)10-12-8(6-16-10)11(13)14/h2-5,8,10,12H,6H2,1H3,(H,13,14). The third kappa shape index (κ3) is 2.15. The molecule has 4 nitrogen and oxygen atoms in total. The fourth-order valence-electron chi connectivity index (χ4n) is 1.77. The largest absolute Gasteiger partial charge is 0.544 e. The fourth-order valence-corrected chi connectivity index (χ4v) is 3.11. The zero-order chi connectivity index (χ0) is 11.5. The molecule has 1 aliphatic heterocycles. The van der Waals surface area contributed by atoms with Gasteiger partial charge < -0.3 is 20.0 Å². The molecule has 0 amide bonds. The van der Waals surface area contributed by atoms with E-state index >= 15 is 0 Å². The van der Waals surface area contributed by atoms with E-state index in [1.165, 1.54) is 0 Å². The molecule has 1 saturated heterocycles. The summed E-state index contributed by atoms with van der Waals surface area (Å²) < 4.78 is 5.26. The van der Waals surface area contributed by atoms with Gasteiger partial charge in [0.05, 0.1) is 18.4 Å². The van der Waals surface area contributed by atoms with E-state index in [0.717, 1.165) is 11.3 Å². The summed E-state index contributed by atoms with van der Waals surface area (Å²) in [6.07, 6.45) is 0. The average Bonchev–Trinajstić information content (AvgIpc) is 2.78. The van der Waals surface area contributed by atoms with Crippen LogP contribution >= 0.6 is 11.8 Å². The van der Waals surface area contributed by atoms with Crippen LogP contribution in [-0.2, 0) is 4.79 Å². The highest BCUT2D eigenvalue weighted by Crippen LogP contribution is 2.32. The number of para-hydroxylation sites is 1. The number of benzene rings is 1. The predicted octanol–water partition coefficient (Wildman–Crippen LogP) is -0.877. The molecule has 2 unspecified atom stereocenters. The molecular formula is C11H13NO3S. The maximum atomic E-state index is 10.7. The van der Waals surface area contributed by atoms with Gasteiger partial charge in [-0.15, -0.1) is 0 Å². The van der Waals surface area contributed by atoms with Crippen molar-refractivity contribution < 1.29 is 20.0 Å². The highest BCUT2D eigenvalue weighted by atomic mass is 32.2. The molecule has 1 aromatic carbocycles. The van der Waals surface area contributed by atoms with Crippen LogP contribution in [0.25, 0.3) is 0 Å². The summed E-state index contributed by atoms with van der Waals surface area (Å²) in [4.78, 5) is 10.7. The van der Waals surface area contributed by atoms with Crippen LogP contribution in [0.2, 0.25) is 0 Å². The van der Waals surface area contributed by atoms with Gasteiger partial charge in [0.25, 0.3) is 0 Å². The molecule has 0 bridgehead atoms. The third-order valence-electron chi connectivity index (χ3n) is 2.61. The molecule has 2 N–H and O–H groups in total. The molecule has 0 aliphatic carbocycles. The second-order valence-corrected chi connectivity index (χ2v) is 4.79. The first-order valence-electron chi connectivity index (χ1n) is 5.02. The van der Waals surface area contributed by atoms with E-state index in [-0.39, 0.29) is 5.37 Å². The number of carbonyl (C=O) groups is 1. The zero-order valence-electron chi connectivity index (χ0n) is 8.88. The van der Waals surface area contributed by atoms with Gasteiger partial charge in [-0.1, -0.05) is 23.9 Å². The monoisotopic (exact) mass is 239 g/mol. The van der Waals surface area contributed by atoms with Gasteiger partial charge in [-0.25, -0.2) is 0 Å². The number of carbonyl (C=O) groups excluding carboxylic acids is 1. The van der Waals surface area contributed by atoms with Crippen molar-refractivity contribution >= 4 is 17.7 Å². The molecule has 5 heteroatoms. The molecule has 1 heterocycles. The van der Waals surface area contributed by atoms with E-state index < -0.39 is 12.0 Å². The van der Waals surface area contributed by atoms with Crippen molar-refractivity contribution in [3.63, 3.8) is 0 Å². The van der Waals surface area contributed by atoms with Crippen LogP contribution in [0.5, 0.6) is 5.75 Å². The van der Waals surface area contributed by atoms with Gasteiger partial charge in [-0.05, 0) is 12.1 Å². The van der Waals surface area contributed by atoms with Crippen LogP contribution in [0.15, 0.2) is 24.3 Å². The van der Waals surface area contributed by atoms with Crippen molar-refractivity contribution in [3.8, 4) is 5.75 Å². The SMILES string of the molecule is COc1ccccc1C1[NH2+]C(C(=O)[O-])CS1. The van der Waals surface area contributed by atoms with Crippen LogP contribution in [0.1, 0.15) is 10.9 Å². The highest BCUT2D eigenvalue weighted by Gasteiger charge is 2.32. The molecule has 2 rings (SSSR count). The molecule has 1 aliphatic rings. The Morgan fingerprint density at radius 3 is 2.94 bits per heavy atom. The predicted molar refractivity (Wildman–Crippen MR) is 58.9 cm³/mol. The molecule has 16 heavy (non-hydrogen) atoms. The summed E-state index contributed by atoms with van der Waals surface area (Å²) in [5, 5.41) is 12.6. The molecule has 0 aromatic heterocycles. The molecular weight excluding hydrogens is 226 g/mol. The van der Waals surface area contributed by atoms with E-state index in [1.807, 2.05) is 29.6 Å². The second-order valence-electron chi connectivity index (χ2n) is 3.61. The van der Waals surface area contributed by atoms with E-state index in [0.29, 0.717) is 5.75 Å². The lowest BCUT2D eigenvalue weighted by Gasteiger charge is -2.13. The van der Waals surface area contributed by atoms with E-state index in [4.69, 9.17) is 4.74 Å². The van der Waals surface area contributed by atoms with Crippen molar-refractivity contribution in [2.24, 2.45) is 0 Å². The van der Waals surface area contributed by atoms with Gasteiger partial charge in [0.2, 0.25) is 0 Å². The molecule has 86 valence electrons. The number of rotatable bonds is 3. The van der Waals surface area contributed by atoms with Crippen molar-refractivity contribution in [2.75, 3.05) is 12.9 Å². The normalized spacial score (nSPS) is 24.3. The van der Waals surface area contributed by atoms with Crippen molar-refractivity contribution in [1.82, 2.24) is 0 Å². The fraction of sp³-hybridized carbons (Fsp3) is 0.364. The molecule has 0 radical (unpaired) electrons. The second kappa shape index (κ2) is 4.76. The number of nitrogens with two attached hydrogens (primary N) is 1. The first-order chi connectivity index (χ1) is 7.72. The third-order valence-corrected chi connectivity index (χ3v) is 3.93. The smallest absolute Gasteiger partial charge is 0.163 e. The van der Waals surface area contributed by atoms with Crippen LogP contribution in [0, 0.1) is 0 Å². The van der Waals surface area contributed by atoms with Crippen LogP contribution < -0.4 is 15.2 Å². The van der Waals surface area contributed by atoms with Gasteiger partial charge in [0.15, 0.2) is 5.37 Å². The number of quaternary nitrogens is 1. The maximum absolute atomic E-state index is 10.7. The van der Waals surface area contributed by atoms with Gasteiger partial charge in [0.1, 0.15) is 17.8 Å². The molecule has 1 fully saturated rings. The topological polar surface area (TPSA) is 66.0 Å². The molecule has 0 saturated carbocycles. The number of methoxy groups -OCH3 is 1. The number of hydrogen-bond acceptors (Lipinski definition) is 4. The summed E-state index contributed by atoms with van der Waals surface area (Å²) in [7, 11) is 1.62. The molecule has 1 aromatic rings. The Hall–Kier alpha value is -1.20. The van der Waals surface area contributed by atoms with Crippen molar-refractivity contribution in [3.05, 3.63) is 29.8 Å². The van der Waals surface area contributed by atoms with Gasteiger partial charge in [-0.2, -0.15) is 0 Å². The lowest BCUT2D eigenvalue weighted by molar-refractivity contribution is -0.690. The molecule has 0 spiro atoms. The highest BCUT2D eigenvalue weighted by molar-refractivity contribution is 7.99. The average molecular weight is 239 g/mol. The minimum atomic E-state index is -0.995. The van der Waals surface area contributed by atoms with Crippen LogP contribution in [-0.4, -0.2) is 24.9 Å². The van der Waals surface area contributed by atoms with Gasteiger partial charge in [0, 0.05) is 0 Å². The number of carboxylic acid groups (broad SMARTS) is 1. The minimum absolute atomic E-state index is 0.0825. The molecule has 2 atom stereocenters. The lowest BCUT2D eigenvalue weighted by Crippen LogP contribution is -2.90. The van der Waals surface area contributed by atoms with Gasteiger partial charge >= 0.3 is 0 Å². The van der Waals surface area contributed by atoms with Gasteiger partial charge in [-0.3, -0.25) is 0 Å². The number of hydrogen-bond donors (Lipinski definition) is 1. The number of carboxylic acids is 1. The van der Waals surface area contributed by atoms with E-state index in [1.54, 1.807) is 18.9 Å². The Balaban J connectivity index is 2.17. The first kappa shape index (κ1) is 11.3. The van der Waals surface area contributed by atoms with E-state index in [2.05, 4.69) is 0 Å². The quantitative estimate of drug-likeness (QED) is 0.744. The number of aliphatic carboxylic acids is 1. The Bertz CT molecular complexity index is 397. The van der Waals surface area contributed by atoms with Crippen LogP contribution in [0.4, 0.5) is 0 Å². The summed E-state index contributed by atoms with van der Waals surface area (Å²) in [5.41, 5.74) is 1.03. The van der Waals surface area contributed by atoms with Crippen molar-refractivity contribution in [1.29, 1.82) is 0 Å². The van der Waals surface area contributed by atoms with Crippen LogP contribution in [0.3, 0.4) is 0 Å². The number of ether oxygens (including phenoxy) is 1. The zero-order valence-corrected chi connectivity index (χ0v) is 9.70. The summed E-state index contributed by atoms with van der Waals surface area (Å²) in [6, 6.07) is 7.22. The first-order valence-corrected chi connectivity index (χ1v) is 6.07. The Kier molecular flexibility index (Phi) is 3.36. The minimum Gasteiger partial charge on any atom is -0.544 e. The Labute approximate surface area is 98.0 Å². The maximum Gasteiger partial charge on any atom is 0.163 e. The lowest BCUT2D eigenvalue weighted by atomic mass is 10.2.